The third kappa shape index (κ3) is 3.24. The van der Waals surface area contributed by atoms with E-state index >= 15 is 0 Å². The lowest BCUT2D eigenvalue weighted by atomic mass is 9.85. The molecule has 2 aliphatic heterocycles. The number of aliphatic hydroxyl groups excluding tert-OH is 1. The maximum Gasteiger partial charge on any atom is 0.338 e. The molecule has 8 heteroatoms. The summed E-state index contributed by atoms with van der Waals surface area (Å²) < 4.78 is 11.1. The molecule has 0 bridgehead atoms. The predicted molar refractivity (Wildman–Crippen MR) is 98.1 cm³/mol. The molecule has 26 heavy (non-hydrogen) atoms. The molecule has 0 radical (unpaired) electrons. The lowest BCUT2D eigenvalue weighted by molar-refractivity contribution is -0.0800. The van der Waals surface area contributed by atoms with Crippen molar-refractivity contribution >= 4 is 22.9 Å². The van der Waals surface area contributed by atoms with Crippen LogP contribution in [0.2, 0.25) is 0 Å². The number of nitriles is 1. The first kappa shape index (κ1) is 18.5. The van der Waals surface area contributed by atoms with Gasteiger partial charge < -0.3 is 19.5 Å². The van der Waals surface area contributed by atoms with Crippen LogP contribution in [0.15, 0.2) is 23.2 Å². The monoisotopic (exact) mass is 375 g/mol. The van der Waals surface area contributed by atoms with Gasteiger partial charge in [-0.2, -0.15) is 5.26 Å². The Morgan fingerprint density at radius 2 is 2.35 bits per heavy atom. The van der Waals surface area contributed by atoms with Crippen molar-refractivity contribution in [1.29, 1.82) is 5.26 Å². The van der Waals surface area contributed by atoms with Crippen molar-refractivity contribution in [2.75, 3.05) is 18.9 Å². The zero-order chi connectivity index (χ0) is 18.9. The predicted octanol–water partition coefficient (Wildman–Crippen LogP) is 2.32. The van der Waals surface area contributed by atoms with Crippen molar-refractivity contribution in [2.24, 2.45) is 4.99 Å². The number of esters is 1. The Bertz CT molecular complexity index is 787. The molecule has 7 nitrogen and oxygen atoms in total. The minimum absolute atomic E-state index is 0.285. The molecule has 2 atom stereocenters. The highest BCUT2D eigenvalue weighted by Gasteiger charge is 2.47. The van der Waals surface area contributed by atoms with E-state index in [9.17, 15) is 9.90 Å². The SMILES string of the molecule is CCOC(=O)c1ccc2c(c1)[C@H](N1CCS/C1=N/C#N)[C@@H](O)C(C)(C)O2. The van der Waals surface area contributed by atoms with Gasteiger partial charge in [0.15, 0.2) is 5.17 Å². The number of aliphatic imine (C=N–C) groups is 1. The molecule has 1 aromatic carbocycles. The minimum Gasteiger partial charge on any atom is -0.485 e. The molecule has 2 heterocycles. The summed E-state index contributed by atoms with van der Waals surface area (Å²) in [5.41, 5.74) is 0.265. The largest absolute Gasteiger partial charge is 0.485 e. The van der Waals surface area contributed by atoms with Gasteiger partial charge in [0.05, 0.1) is 18.2 Å². The van der Waals surface area contributed by atoms with Crippen LogP contribution in [0.5, 0.6) is 5.75 Å². The maximum atomic E-state index is 12.1. The Morgan fingerprint density at radius 3 is 3.04 bits per heavy atom. The molecule has 1 fully saturated rings. The van der Waals surface area contributed by atoms with Crippen LogP contribution in [0.3, 0.4) is 0 Å². The molecule has 3 rings (SSSR count). The molecule has 0 amide bonds. The number of hydrogen-bond acceptors (Lipinski definition) is 7. The number of benzene rings is 1. The molecule has 0 unspecified atom stereocenters. The van der Waals surface area contributed by atoms with Crippen molar-refractivity contribution < 1.29 is 19.4 Å². The Hall–Kier alpha value is -2.24. The molecule has 1 saturated heterocycles. The van der Waals surface area contributed by atoms with Crippen LogP contribution in [0.4, 0.5) is 0 Å². The standard InChI is InChI=1S/C18H21N3O4S/c1-4-24-16(23)11-5-6-13-12(9-11)14(15(22)18(2,3)25-13)21-7-8-26-17(21)20-10-19/h5-6,9,14-15,22H,4,7-8H2,1-3H3/b20-17+/t14-,15+/m0/s1. The summed E-state index contributed by atoms with van der Waals surface area (Å²) in [6.45, 7) is 6.31. The van der Waals surface area contributed by atoms with E-state index in [1.54, 1.807) is 25.1 Å². The van der Waals surface area contributed by atoms with E-state index in [2.05, 4.69) is 4.99 Å². The average Bonchev–Trinajstić information content (AvgIpc) is 3.04. The van der Waals surface area contributed by atoms with Gasteiger partial charge in [-0.15, -0.1) is 4.99 Å². The average molecular weight is 375 g/mol. The van der Waals surface area contributed by atoms with Crippen LogP contribution < -0.4 is 4.74 Å². The maximum absolute atomic E-state index is 12.1. The van der Waals surface area contributed by atoms with Crippen molar-refractivity contribution in [1.82, 2.24) is 4.90 Å². The van der Waals surface area contributed by atoms with Gasteiger partial charge in [0.1, 0.15) is 17.5 Å². The third-order valence-corrected chi connectivity index (χ3v) is 5.49. The summed E-state index contributed by atoms with van der Waals surface area (Å²) in [7, 11) is 0. The van der Waals surface area contributed by atoms with Gasteiger partial charge in [-0.1, -0.05) is 11.8 Å². The Labute approximate surface area is 156 Å². The van der Waals surface area contributed by atoms with E-state index in [4.69, 9.17) is 14.7 Å². The number of rotatable bonds is 3. The van der Waals surface area contributed by atoms with E-state index in [1.807, 2.05) is 24.9 Å². The van der Waals surface area contributed by atoms with E-state index in [0.717, 1.165) is 5.75 Å². The second-order valence-corrected chi connectivity index (χ2v) is 7.67. The van der Waals surface area contributed by atoms with Crippen LogP contribution in [0, 0.1) is 11.5 Å². The zero-order valence-corrected chi connectivity index (χ0v) is 15.7. The summed E-state index contributed by atoms with van der Waals surface area (Å²) >= 11 is 1.47. The summed E-state index contributed by atoms with van der Waals surface area (Å²) in [5, 5.41) is 20.5. The van der Waals surface area contributed by atoms with Crippen LogP contribution >= 0.6 is 11.8 Å². The topological polar surface area (TPSA) is 95.2 Å². The summed E-state index contributed by atoms with van der Waals surface area (Å²) in [6, 6.07) is 4.62. The number of hydrogen-bond donors (Lipinski definition) is 1. The van der Waals surface area contributed by atoms with Crippen LogP contribution in [-0.4, -0.2) is 51.8 Å². The number of amidine groups is 1. The number of ether oxygens (including phenoxy) is 2. The van der Waals surface area contributed by atoms with Crippen LogP contribution in [0.1, 0.15) is 42.7 Å². The number of thioether (sulfide) groups is 1. The fraction of sp³-hybridized carbons (Fsp3) is 0.500. The molecule has 1 aromatic rings. The summed E-state index contributed by atoms with van der Waals surface area (Å²) in [4.78, 5) is 17.9. The molecule has 0 aliphatic carbocycles. The fourth-order valence-corrected chi connectivity index (χ4v) is 4.20. The molecule has 0 spiro atoms. The van der Waals surface area contributed by atoms with Gasteiger partial charge in [-0.05, 0) is 39.0 Å². The molecular formula is C18H21N3O4S. The highest BCUT2D eigenvalue weighted by Crippen LogP contribution is 2.45. The second-order valence-electron chi connectivity index (χ2n) is 6.60. The quantitative estimate of drug-likeness (QED) is 0.640. The normalized spacial score (nSPS) is 25.3. The Morgan fingerprint density at radius 1 is 1.58 bits per heavy atom. The first-order chi connectivity index (χ1) is 12.4. The van der Waals surface area contributed by atoms with Crippen molar-refractivity contribution in [3.8, 4) is 11.9 Å². The van der Waals surface area contributed by atoms with E-state index < -0.39 is 23.7 Å². The fourth-order valence-electron chi connectivity index (χ4n) is 3.26. The molecule has 1 N–H and O–H groups in total. The Balaban J connectivity index is 2.09. The summed E-state index contributed by atoms with van der Waals surface area (Å²) in [5.74, 6) is 0.958. The number of fused-ring (bicyclic) bond motifs is 1. The van der Waals surface area contributed by atoms with Gasteiger partial charge in [0.25, 0.3) is 0 Å². The molecule has 138 valence electrons. The van der Waals surface area contributed by atoms with Gasteiger partial charge >= 0.3 is 5.97 Å². The smallest absolute Gasteiger partial charge is 0.338 e. The number of aliphatic hydroxyl groups is 1. The lowest BCUT2D eigenvalue weighted by Gasteiger charge is -2.45. The number of nitrogens with zero attached hydrogens (tertiary/aromatic N) is 3. The van der Waals surface area contributed by atoms with Crippen LogP contribution in [0.25, 0.3) is 0 Å². The van der Waals surface area contributed by atoms with Gasteiger partial charge in [-0.25, -0.2) is 4.79 Å². The third-order valence-electron chi connectivity index (χ3n) is 4.51. The highest BCUT2D eigenvalue weighted by atomic mass is 32.2. The molecule has 0 aromatic heterocycles. The van der Waals surface area contributed by atoms with E-state index in [1.165, 1.54) is 11.8 Å². The highest BCUT2D eigenvalue weighted by molar-refractivity contribution is 8.14. The van der Waals surface area contributed by atoms with Crippen molar-refractivity contribution in [3.63, 3.8) is 0 Å². The van der Waals surface area contributed by atoms with Crippen LogP contribution in [-0.2, 0) is 4.74 Å². The molecule has 2 aliphatic rings. The number of carbonyl (C=O) groups excluding carboxylic acids is 1. The van der Waals surface area contributed by atoms with E-state index in [0.29, 0.717) is 28.6 Å². The van der Waals surface area contributed by atoms with Crippen molar-refractivity contribution in [3.05, 3.63) is 29.3 Å². The first-order valence-electron chi connectivity index (χ1n) is 8.43. The van der Waals surface area contributed by atoms with E-state index in [-0.39, 0.29) is 6.61 Å². The number of carbonyl (C=O) groups is 1. The first-order valence-corrected chi connectivity index (χ1v) is 9.42. The van der Waals surface area contributed by atoms with Crippen molar-refractivity contribution in [2.45, 2.75) is 38.5 Å². The molecular weight excluding hydrogens is 354 g/mol. The zero-order valence-electron chi connectivity index (χ0n) is 14.9. The minimum atomic E-state index is -0.866. The van der Waals surface area contributed by atoms with Gasteiger partial charge in [0, 0.05) is 17.9 Å². The lowest BCUT2D eigenvalue weighted by Crippen LogP contribution is -2.53. The molecule has 0 saturated carbocycles. The second kappa shape index (κ2) is 7.17. The summed E-state index contributed by atoms with van der Waals surface area (Å²) in [6.07, 6.45) is 0.957. The van der Waals surface area contributed by atoms with Gasteiger partial charge in [-0.3, -0.25) is 0 Å². The Kier molecular flexibility index (Phi) is 5.12. The van der Waals surface area contributed by atoms with Gasteiger partial charge in [0.2, 0.25) is 6.19 Å².